The van der Waals surface area contributed by atoms with Gasteiger partial charge in [0.15, 0.2) is 0 Å². The van der Waals surface area contributed by atoms with Gasteiger partial charge in [-0.2, -0.15) is 0 Å². The van der Waals surface area contributed by atoms with E-state index in [1.54, 1.807) is 14.0 Å². The number of amides is 1. The van der Waals surface area contributed by atoms with Crippen molar-refractivity contribution >= 4 is 17.3 Å². The molecule has 1 aromatic carbocycles. The minimum atomic E-state index is 0.139. The number of anilines is 2. The van der Waals surface area contributed by atoms with Gasteiger partial charge >= 0.3 is 0 Å². The molecule has 5 heteroatoms. The Morgan fingerprint density at radius 1 is 1.26 bits per heavy atom. The van der Waals surface area contributed by atoms with Crippen LogP contribution in [0, 0.1) is 0 Å². The lowest BCUT2D eigenvalue weighted by Crippen LogP contribution is -2.33. The van der Waals surface area contributed by atoms with Crippen molar-refractivity contribution in [3.05, 3.63) is 18.2 Å². The van der Waals surface area contributed by atoms with Crippen LogP contribution in [0.3, 0.4) is 0 Å². The Bertz CT molecular complexity index is 462. The highest BCUT2D eigenvalue weighted by atomic mass is 16.5. The molecule has 0 spiro atoms. The van der Waals surface area contributed by atoms with Gasteiger partial charge in [-0.15, -0.1) is 0 Å². The molecule has 1 aromatic rings. The third-order valence-electron chi connectivity index (χ3n) is 3.52. The fourth-order valence-electron chi connectivity index (χ4n) is 2.40. The first kappa shape index (κ1) is 13.5. The first-order valence-corrected chi connectivity index (χ1v) is 6.56. The van der Waals surface area contributed by atoms with E-state index in [0.717, 1.165) is 49.7 Å². The number of carbonyl (C=O) groups excluding carboxylic acids is 1. The summed E-state index contributed by atoms with van der Waals surface area (Å²) in [5.74, 6) is 0.942. The highest BCUT2D eigenvalue weighted by Gasteiger charge is 2.18. The Labute approximate surface area is 113 Å². The Morgan fingerprint density at radius 3 is 2.74 bits per heavy atom. The molecule has 2 N–H and O–H groups in total. The first-order chi connectivity index (χ1) is 9.11. The molecule has 0 radical (unpaired) electrons. The van der Waals surface area contributed by atoms with Gasteiger partial charge in [0, 0.05) is 39.2 Å². The first-order valence-electron chi connectivity index (χ1n) is 6.56. The van der Waals surface area contributed by atoms with Gasteiger partial charge in [-0.1, -0.05) is 0 Å². The van der Waals surface area contributed by atoms with E-state index in [4.69, 9.17) is 10.5 Å². The molecule has 0 aromatic heterocycles. The van der Waals surface area contributed by atoms with Gasteiger partial charge < -0.3 is 20.3 Å². The highest BCUT2D eigenvalue weighted by molar-refractivity contribution is 5.74. The van der Waals surface area contributed by atoms with Gasteiger partial charge in [0.2, 0.25) is 5.91 Å². The van der Waals surface area contributed by atoms with Crippen molar-refractivity contribution < 1.29 is 9.53 Å². The number of nitrogens with two attached hydrogens (primary N) is 1. The normalized spacial score (nSPS) is 16.1. The van der Waals surface area contributed by atoms with E-state index < -0.39 is 0 Å². The van der Waals surface area contributed by atoms with Crippen molar-refractivity contribution in [3.8, 4) is 5.75 Å². The summed E-state index contributed by atoms with van der Waals surface area (Å²) >= 11 is 0. The van der Waals surface area contributed by atoms with Gasteiger partial charge in [-0.25, -0.2) is 0 Å². The molecule has 2 rings (SSSR count). The van der Waals surface area contributed by atoms with Crippen LogP contribution in [0.1, 0.15) is 13.3 Å². The van der Waals surface area contributed by atoms with E-state index in [2.05, 4.69) is 4.90 Å². The van der Waals surface area contributed by atoms with Crippen LogP contribution >= 0.6 is 0 Å². The smallest absolute Gasteiger partial charge is 0.219 e. The van der Waals surface area contributed by atoms with Crippen LogP contribution in [0.25, 0.3) is 0 Å². The number of hydrogen-bond acceptors (Lipinski definition) is 4. The van der Waals surface area contributed by atoms with Crippen LogP contribution < -0.4 is 15.4 Å². The molecule has 19 heavy (non-hydrogen) atoms. The summed E-state index contributed by atoms with van der Waals surface area (Å²) in [6.45, 7) is 4.88. The molecule has 0 saturated carbocycles. The van der Waals surface area contributed by atoms with Crippen LogP contribution in [-0.2, 0) is 4.79 Å². The Morgan fingerprint density at radius 2 is 2.05 bits per heavy atom. The second-order valence-electron chi connectivity index (χ2n) is 4.77. The van der Waals surface area contributed by atoms with Crippen LogP contribution in [0.4, 0.5) is 11.4 Å². The van der Waals surface area contributed by atoms with Crippen LogP contribution in [0.2, 0.25) is 0 Å². The van der Waals surface area contributed by atoms with E-state index in [1.165, 1.54) is 0 Å². The number of ether oxygens (including phenoxy) is 1. The summed E-state index contributed by atoms with van der Waals surface area (Å²) in [6.07, 6.45) is 0.955. The third kappa shape index (κ3) is 3.10. The van der Waals surface area contributed by atoms with E-state index >= 15 is 0 Å². The summed E-state index contributed by atoms with van der Waals surface area (Å²) < 4.78 is 5.24. The predicted molar refractivity (Wildman–Crippen MR) is 76.5 cm³/mol. The molecule has 104 valence electrons. The van der Waals surface area contributed by atoms with Gasteiger partial charge in [0.1, 0.15) is 5.75 Å². The van der Waals surface area contributed by atoms with Gasteiger partial charge in [0.05, 0.1) is 18.5 Å². The van der Waals surface area contributed by atoms with Crippen molar-refractivity contribution in [2.24, 2.45) is 0 Å². The summed E-state index contributed by atoms with van der Waals surface area (Å²) in [5, 5.41) is 0. The number of hydrogen-bond donors (Lipinski definition) is 1. The molecule has 1 fully saturated rings. The van der Waals surface area contributed by atoms with Crippen molar-refractivity contribution in [1.82, 2.24) is 4.90 Å². The summed E-state index contributed by atoms with van der Waals surface area (Å²) in [7, 11) is 1.65. The van der Waals surface area contributed by atoms with Crippen LogP contribution in [-0.4, -0.2) is 44.1 Å². The Hall–Kier alpha value is -1.91. The molecule has 0 bridgehead atoms. The monoisotopic (exact) mass is 263 g/mol. The second kappa shape index (κ2) is 5.82. The zero-order valence-corrected chi connectivity index (χ0v) is 11.6. The Balaban J connectivity index is 2.15. The third-order valence-corrected chi connectivity index (χ3v) is 3.52. The molecular formula is C14H21N3O2. The lowest BCUT2D eigenvalue weighted by atomic mass is 10.2. The minimum Gasteiger partial charge on any atom is -0.497 e. The highest BCUT2D eigenvalue weighted by Crippen LogP contribution is 2.28. The predicted octanol–water partition coefficient (Wildman–Crippen LogP) is 1.34. The molecule has 1 aliphatic rings. The summed E-state index contributed by atoms with van der Waals surface area (Å²) in [5.41, 5.74) is 7.78. The SMILES string of the molecule is COc1ccc(N)c(N2CCCN(C(C)=O)CC2)c1. The van der Waals surface area contributed by atoms with E-state index in [9.17, 15) is 4.79 Å². The van der Waals surface area contributed by atoms with Crippen LogP contribution in [0.5, 0.6) is 5.75 Å². The zero-order valence-electron chi connectivity index (χ0n) is 11.6. The fourth-order valence-corrected chi connectivity index (χ4v) is 2.40. The summed E-state index contributed by atoms with van der Waals surface area (Å²) in [4.78, 5) is 15.5. The zero-order chi connectivity index (χ0) is 13.8. The van der Waals surface area contributed by atoms with Crippen molar-refractivity contribution in [3.63, 3.8) is 0 Å². The molecule has 0 unspecified atom stereocenters. The fraction of sp³-hybridized carbons (Fsp3) is 0.500. The number of benzene rings is 1. The molecular weight excluding hydrogens is 242 g/mol. The average molecular weight is 263 g/mol. The molecule has 5 nitrogen and oxygen atoms in total. The number of carbonyl (C=O) groups is 1. The van der Waals surface area contributed by atoms with E-state index in [1.807, 2.05) is 23.1 Å². The Kier molecular flexibility index (Phi) is 4.14. The molecule has 1 heterocycles. The van der Waals surface area contributed by atoms with Crippen molar-refractivity contribution in [2.75, 3.05) is 43.9 Å². The standard InChI is InChI=1S/C14H21N3O2/c1-11(18)16-6-3-7-17(9-8-16)14-10-12(19-2)4-5-13(14)15/h4-5,10H,3,6-9,15H2,1-2H3. The maximum Gasteiger partial charge on any atom is 0.219 e. The molecule has 1 amide bonds. The minimum absolute atomic E-state index is 0.139. The second-order valence-corrected chi connectivity index (χ2v) is 4.77. The largest absolute Gasteiger partial charge is 0.497 e. The number of nitrogens with zero attached hydrogens (tertiary/aromatic N) is 2. The number of rotatable bonds is 2. The topological polar surface area (TPSA) is 58.8 Å². The molecule has 0 aliphatic carbocycles. The molecule has 1 aliphatic heterocycles. The van der Waals surface area contributed by atoms with E-state index in [-0.39, 0.29) is 5.91 Å². The number of nitrogen functional groups attached to an aromatic ring is 1. The van der Waals surface area contributed by atoms with Gasteiger partial charge in [-0.3, -0.25) is 4.79 Å². The maximum atomic E-state index is 11.4. The lowest BCUT2D eigenvalue weighted by molar-refractivity contribution is -0.128. The average Bonchev–Trinajstić information content (AvgIpc) is 2.65. The van der Waals surface area contributed by atoms with Crippen LogP contribution in [0.15, 0.2) is 18.2 Å². The lowest BCUT2D eigenvalue weighted by Gasteiger charge is -2.25. The molecule has 1 saturated heterocycles. The van der Waals surface area contributed by atoms with Crippen molar-refractivity contribution in [2.45, 2.75) is 13.3 Å². The van der Waals surface area contributed by atoms with Gasteiger partial charge in [-0.05, 0) is 18.6 Å². The summed E-state index contributed by atoms with van der Waals surface area (Å²) in [6, 6.07) is 5.68. The van der Waals surface area contributed by atoms with E-state index in [0.29, 0.717) is 0 Å². The maximum absolute atomic E-state index is 11.4. The number of methoxy groups -OCH3 is 1. The van der Waals surface area contributed by atoms with Crippen molar-refractivity contribution in [1.29, 1.82) is 0 Å². The van der Waals surface area contributed by atoms with Gasteiger partial charge in [0.25, 0.3) is 0 Å². The quantitative estimate of drug-likeness (QED) is 0.818. The molecule has 0 atom stereocenters.